The summed E-state index contributed by atoms with van der Waals surface area (Å²) in [5, 5.41) is 28.6. The second-order valence-corrected chi connectivity index (χ2v) is 13.6. The standard InChI is InChI=1S/C22H25ClN6O8P2/c23-22-27-19(24-8-13-6-3-5-12-4-1-2-7-14(12)13)16-20(28-22)29(10-25-16)21-18(31)17(30)15(37-21)9-26-38(32,33)11-39(34,35)36/h1-7,10,15,17-18,21,30-31H,8-9,11H2,(H,24,27,28)(H2,26,32,33)(H2,34,35,36)/t15-,17?,18?,21-/m1/s1. The van der Waals surface area contributed by atoms with Crippen molar-refractivity contribution < 1.29 is 38.8 Å². The van der Waals surface area contributed by atoms with Crippen LogP contribution in [0.3, 0.4) is 0 Å². The van der Waals surface area contributed by atoms with Gasteiger partial charge in [-0.25, -0.2) is 10.1 Å². The highest BCUT2D eigenvalue weighted by atomic mass is 35.5. The number of anilines is 1. The smallest absolute Gasteiger partial charge is 0.336 e. The minimum absolute atomic E-state index is 0.102. The number of nitrogens with zero attached hydrogens (tertiary/aromatic N) is 4. The Morgan fingerprint density at radius 3 is 2.54 bits per heavy atom. The van der Waals surface area contributed by atoms with Crippen LogP contribution in [0.25, 0.3) is 21.9 Å². The second-order valence-electron chi connectivity index (χ2n) is 9.07. The molecule has 3 heterocycles. The van der Waals surface area contributed by atoms with Crippen molar-refractivity contribution in [3.8, 4) is 0 Å². The van der Waals surface area contributed by atoms with Gasteiger partial charge in [0.05, 0.1) is 6.33 Å². The summed E-state index contributed by atoms with van der Waals surface area (Å²) in [6, 6.07) is 13.9. The highest BCUT2D eigenvalue weighted by molar-refractivity contribution is 7.71. The maximum Gasteiger partial charge on any atom is 0.336 e. The molecule has 7 N–H and O–H groups in total. The number of benzene rings is 2. The number of nitrogens with one attached hydrogen (secondary N) is 2. The number of hydrogen-bond donors (Lipinski definition) is 7. The SMILES string of the molecule is O=P(O)(O)CP(=O)(O)NC[C@H]1O[C@@H](n2cnc3c(NCc4cccc5ccccc45)nc(Cl)nc32)C(O)C1O. The molecule has 1 saturated heterocycles. The lowest BCUT2D eigenvalue weighted by molar-refractivity contribution is -0.0331. The van der Waals surface area contributed by atoms with Gasteiger partial charge in [0.25, 0.3) is 7.52 Å². The van der Waals surface area contributed by atoms with Gasteiger partial charge in [0.15, 0.2) is 23.2 Å². The van der Waals surface area contributed by atoms with Crippen molar-refractivity contribution in [3.05, 3.63) is 59.6 Å². The fraction of sp³-hybridized carbons (Fsp3) is 0.318. The number of fused-ring (bicyclic) bond motifs is 2. The van der Waals surface area contributed by atoms with Crippen LogP contribution < -0.4 is 10.4 Å². The molecule has 0 radical (unpaired) electrons. The average Bonchev–Trinajstić information content (AvgIpc) is 3.40. The Kier molecular flexibility index (Phi) is 7.79. The third-order valence-corrected chi connectivity index (χ3v) is 10.1. The van der Waals surface area contributed by atoms with E-state index in [1.807, 2.05) is 42.5 Å². The largest absolute Gasteiger partial charge is 0.387 e. The molecule has 5 rings (SSSR count). The van der Waals surface area contributed by atoms with Crippen molar-refractivity contribution in [2.45, 2.75) is 31.1 Å². The monoisotopic (exact) mass is 598 g/mol. The number of imidazole rings is 1. The maximum atomic E-state index is 12.1. The predicted octanol–water partition coefficient (Wildman–Crippen LogP) is 1.77. The van der Waals surface area contributed by atoms with Gasteiger partial charge in [-0.05, 0) is 27.9 Å². The molecule has 0 bridgehead atoms. The molecule has 17 heteroatoms. The Balaban J connectivity index is 1.36. The third kappa shape index (κ3) is 6.16. The first kappa shape index (κ1) is 28.1. The summed E-state index contributed by atoms with van der Waals surface area (Å²) < 4.78 is 30.3. The Labute approximate surface area is 226 Å². The summed E-state index contributed by atoms with van der Waals surface area (Å²) in [6.45, 7) is -0.0653. The molecule has 14 nitrogen and oxygen atoms in total. The highest BCUT2D eigenvalue weighted by Crippen LogP contribution is 2.52. The van der Waals surface area contributed by atoms with Gasteiger partial charge in [-0.15, -0.1) is 0 Å². The lowest BCUT2D eigenvalue weighted by atomic mass is 10.0. The molecule has 0 spiro atoms. The minimum Gasteiger partial charge on any atom is -0.387 e. The zero-order chi connectivity index (χ0) is 27.9. The number of ether oxygens (including phenoxy) is 1. The molecule has 0 aliphatic carbocycles. The predicted molar refractivity (Wildman–Crippen MR) is 142 cm³/mol. The van der Waals surface area contributed by atoms with Crippen LogP contribution in [0.5, 0.6) is 0 Å². The van der Waals surface area contributed by atoms with Gasteiger partial charge in [-0.1, -0.05) is 42.5 Å². The van der Waals surface area contributed by atoms with E-state index < -0.39 is 52.1 Å². The molecule has 2 aromatic heterocycles. The van der Waals surface area contributed by atoms with Gasteiger partial charge in [0.1, 0.15) is 24.2 Å². The van der Waals surface area contributed by atoms with Gasteiger partial charge in [-0.2, -0.15) is 9.97 Å². The molecule has 0 saturated carbocycles. The fourth-order valence-corrected chi connectivity index (χ4v) is 7.51. The third-order valence-electron chi connectivity index (χ3n) is 6.25. The first-order valence-corrected chi connectivity index (χ1v) is 15.7. The zero-order valence-electron chi connectivity index (χ0n) is 20.1. The normalized spacial score (nSPS) is 23.3. The van der Waals surface area contributed by atoms with Crippen LogP contribution in [0, 0.1) is 0 Å². The van der Waals surface area contributed by atoms with Crippen LogP contribution in [-0.2, 0) is 20.4 Å². The summed E-state index contributed by atoms with van der Waals surface area (Å²) in [5.41, 5.74) is 1.55. The van der Waals surface area contributed by atoms with Gasteiger partial charge in [0.2, 0.25) is 5.28 Å². The summed E-state index contributed by atoms with van der Waals surface area (Å²) >= 11 is 6.19. The van der Waals surface area contributed by atoms with Crippen molar-refractivity contribution in [1.82, 2.24) is 24.6 Å². The van der Waals surface area contributed by atoms with Crippen LogP contribution >= 0.6 is 26.7 Å². The fourth-order valence-electron chi connectivity index (χ4n) is 4.49. The number of rotatable bonds is 9. The molecule has 5 atom stereocenters. The average molecular weight is 599 g/mol. The molecule has 1 aliphatic heterocycles. The molecule has 1 fully saturated rings. The minimum atomic E-state index is -4.78. The lowest BCUT2D eigenvalue weighted by Crippen LogP contribution is -2.37. The summed E-state index contributed by atoms with van der Waals surface area (Å²) in [7, 11) is -9.22. The van der Waals surface area contributed by atoms with Crippen molar-refractivity contribution in [2.24, 2.45) is 0 Å². The summed E-state index contributed by atoms with van der Waals surface area (Å²) in [4.78, 5) is 40.6. The lowest BCUT2D eigenvalue weighted by Gasteiger charge is -2.19. The van der Waals surface area contributed by atoms with Gasteiger partial charge >= 0.3 is 7.60 Å². The van der Waals surface area contributed by atoms with Gasteiger partial charge in [0, 0.05) is 13.1 Å². The van der Waals surface area contributed by atoms with E-state index in [0.717, 1.165) is 16.3 Å². The van der Waals surface area contributed by atoms with E-state index in [4.69, 9.17) is 26.1 Å². The van der Waals surface area contributed by atoms with Crippen molar-refractivity contribution >= 4 is 54.5 Å². The first-order chi connectivity index (χ1) is 18.4. The molecule has 0 amide bonds. The Bertz CT molecular complexity index is 1610. The first-order valence-electron chi connectivity index (χ1n) is 11.7. The molecule has 4 aromatic rings. The van der Waals surface area contributed by atoms with E-state index in [1.54, 1.807) is 0 Å². The van der Waals surface area contributed by atoms with Crippen LogP contribution in [-0.4, -0.2) is 75.2 Å². The van der Waals surface area contributed by atoms with E-state index in [9.17, 15) is 24.2 Å². The number of aliphatic hydroxyl groups excluding tert-OH is 2. The van der Waals surface area contributed by atoms with Crippen LogP contribution in [0.4, 0.5) is 5.82 Å². The molecule has 3 unspecified atom stereocenters. The van der Waals surface area contributed by atoms with E-state index in [1.165, 1.54) is 10.9 Å². The van der Waals surface area contributed by atoms with Crippen molar-refractivity contribution in [1.29, 1.82) is 0 Å². The number of aromatic nitrogens is 4. The van der Waals surface area contributed by atoms with Crippen LogP contribution in [0.1, 0.15) is 11.8 Å². The van der Waals surface area contributed by atoms with Gasteiger partial charge < -0.3 is 34.9 Å². The van der Waals surface area contributed by atoms with Crippen molar-refractivity contribution in [3.63, 3.8) is 0 Å². The molecular formula is C22H25ClN6O8P2. The molecular weight excluding hydrogens is 574 g/mol. The zero-order valence-corrected chi connectivity index (χ0v) is 22.6. The molecule has 2 aromatic carbocycles. The Morgan fingerprint density at radius 2 is 1.77 bits per heavy atom. The summed E-state index contributed by atoms with van der Waals surface area (Å²) in [5.74, 6) is -0.952. The Morgan fingerprint density at radius 1 is 1.03 bits per heavy atom. The quantitative estimate of drug-likeness (QED) is 0.108. The molecule has 1 aliphatic rings. The number of hydrogen-bond acceptors (Lipinski definition) is 9. The van der Waals surface area contributed by atoms with E-state index >= 15 is 0 Å². The van der Waals surface area contributed by atoms with Crippen LogP contribution in [0.2, 0.25) is 5.28 Å². The van der Waals surface area contributed by atoms with E-state index in [-0.39, 0.29) is 10.9 Å². The van der Waals surface area contributed by atoms with Crippen LogP contribution in [0.15, 0.2) is 48.8 Å². The maximum absolute atomic E-state index is 12.1. The number of aliphatic hydroxyl groups is 2. The van der Waals surface area contributed by atoms with Gasteiger partial charge in [-0.3, -0.25) is 13.7 Å². The number of halogens is 1. The molecule has 39 heavy (non-hydrogen) atoms. The van der Waals surface area contributed by atoms with E-state index in [0.29, 0.717) is 17.9 Å². The summed E-state index contributed by atoms with van der Waals surface area (Å²) in [6.07, 6.45) is -4.06. The Hall–Kier alpha value is -2.48. The van der Waals surface area contributed by atoms with E-state index in [2.05, 4.69) is 25.4 Å². The second kappa shape index (κ2) is 10.8. The van der Waals surface area contributed by atoms with Crippen molar-refractivity contribution in [2.75, 3.05) is 17.8 Å². The molecule has 208 valence electrons. The topological polar surface area (TPSA) is 212 Å². The highest BCUT2D eigenvalue weighted by Gasteiger charge is 2.45.